The molecule has 0 fully saturated rings. The molecule has 1 rings (SSSR count). The molecular formula is C11H15NO. The van der Waals surface area contributed by atoms with Crippen molar-refractivity contribution in [3.05, 3.63) is 42.2 Å². The second-order valence-electron chi connectivity index (χ2n) is 3.11. The monoisotopic (exact) mass is 177 g/mol. The highest BCUT2D eigenvalue weighted by atomic mass is 16.3. The van der Waals surface area contributed by atoms with Gasteiger partial charge >= 0.3 is 0 Å². The number of aliphatic hydroxyl groups excluding tert-OH is 1. The molecule has 0 saturated carbocycles. The van der Waals surface area contributed by atoms with Gasteiger partial charge in [-0.1, -0.05) is 25.1 Å². The summed E-state index contributed by atoms with van der Waals surface area (Å²) in [4.78, 5) is 3.95. The zero-order valence-electron chi connectivity index (χ0n) is 7.90. The molecule has 1 aromatic rings. The molecule has 0 aliphatic heterocycles. The normalized spacial score (nSPS) is 12.5. The molecule has 1 unspecified atom stereocenters. The molecule has 2 heteroatoms. The van der Waals surface area contributed by atoms with Crippen LogP contribution in [0.4, 0.5) is 0 Å². The lowest BCUT2D eigenvalue weighted by Crippen LogP contribution is -1.98. The van der Waals surface area contributed by atoms with Gasteiger partial charge in [-0.15, -0.1) is 0 Å². The fourth-order valence-electron chi connectivity index (χ4n) is 1.11. The second-order valence-corrected chi connectivity index (χ2v) is 3.11. The van der Waals surface area contributed by atoms with Crippen molar-refractivity contribution in [2.45, 2.75) is 25.9 Å². The fourth-order valence-corrected chi connectivity index (χ4v) is 1.11. The smallest absolute Gasteiger partial charge is 0.0841 e. The van der Waals surface area contributed by atoms with E-state index >= 15 is 0 Å². The van der Waals surface area contributed by atoms with Gasteiger partial charge in [-0.2, -0.15) is 0 Å². The Labute approximate surface area is 78.9 Å². The molecule has 2 nitrogen and oxygen atoms in total. The van der Waals surface area contributed by atoms with Crippen molar-refractivity contribution in [3.8, 4) is 0 Å². The van der Waals surface area contributed by atoms with E-state index in [0.29, 0.717) is 6.42 Å². The lowest BCUT2D eigenvalue weighted by Gasteiger charge is -2.10. The highest BCUT2D eigenvalue weighted by Crippen LogP contribution is 2.20. The zero-order chi connectivity index (χ0) is 9.68. The highest BCUT2D eigenvalue weighted by molar-refractivity contribution is 5.14. The summed E-state index contributed by atoms with van der Waals surface area (Å²) in [6.45, 7) is 5.90. The number of rotatable bonds is 4. The van der Waals surface area contributed by atoms with Crippen LogP contribution in [-0.4, -0.2) is 10.1 Å². The van der Waals surface area contributed by atoms with Crippen molar-refractivity contribution < 1.29 is 5.11 Å². The molecule has 0 amide bonds. The van der Waals surface area contributed by atoms with Crippen molar-refractivity contribution in [1.82, 2.24) is 4.98 Å². The first kappa shape index (κ1) is 9.93. The van der Waals surface area contributed by atoms with Crippen molar-refractivity contribution in [3.63, 3.8) is 0 Å². The summed E-state index contributed by atoms with van der Waals surface area (Å²) in [7, 11) is 0. The number of pyridine rings is 1. The lowest BCUT2D eigenvalue weighted by molar-refractivity contribution is 0.177. The molecule has 0 aromatic carbocycles. The van der Waals surface area contributed by atoms with Gasteiger partial charge in [-0.3, -0.25) is 4.98 Å². The van der Waals surface area contributed by atoms with Crippen LogP contribution in [0, 0.1) is 0 Å². The Morgan fingerprint density at radius 3 is 3.00 bits per heavy atom. The number of hydrogen-bond donors (Lipinski definition) is 1. The van der Waals surface area contributed by atoms with E-state index in [2.05, 4.69) is 11.6 Å². The van der Waals surface area contributed by atoms with Crippen molar-refractivity contribution in [1.29, 1.82) is 0 Å². The molecule has 0 saturated heterocycles. The number of nitrogens with zero attached hydrogens (tertiary/aromatic N) is 1. The summed E-state index contributed by atoms with van der Waals surface area (Å²) in [6, 6.07) is 3.70. The summed E-state index contributed by atoms with van der Waals surface area (Å²) in [5.74, 6) is 0. The van der Waals surface area contributed by atoms with Crippen LogP contribution in [0.1, 0.15) is 31.4 Å². The molecule has 70 valence electrons. The predicted molar refractivity (Wildman–Crippen MR) is 53.2 cm³/mol. The molecule has 0 radical (unpaired) electrons. The van der Waals surface area contributed by atoms with Crippen LogP contribution < -0.4 is 0 Å². The van der Waals surface area contributed by atoms with E-state index in [9.17, 15) is 5.11 Å². The Hall–Kier alpha value is -1.15. The standard InChI is InChI=1S/C11H15NO/c1-3-9(2)7-11(13)10-5-4-6-12-8-10/h4-6,8,11,13H,2-3,7H2,1H3. The minimum absolute atomic E-state index is 0.457. The zero-order valence-corrected chi connectivity index (χ0v) is 7.90. The van der Waals surface area contributed by atoms with Crippen molar-refractivity contribution in [2.24, 2.45) is 0 Å². The van der Waals surface area contributed by atoms with E-state index in [1.165, 1.54) is 0 Å². The van der Waals surface area contributed by atoms with Crippen LogP contribution in [-0.2, 0) is 0 Å². The maximum absolute atomic E-state index is 9.72. The Morgan fingerprint density at radius 1 is 1.69 bits per heavy atom. The van der Waals surface area contributed by atoms with E-state index < -0.39 is 6.10 Å². The van der Waals surface area contributed by atoms with Gasteiger partial charge in [0.25, 0.3) is 0 Å². The first-order valence-corrected chi connectivity index (χ1v) is 4.48. The summed E-state index contributed by atoms with van der Waals surface area (Å²) >= 11 is 0. The maximum atomic E-state index is 9.72. The first-order chi connectivity index (χ1) is 6.24. The van der Waals surface area contributed by atoms with Gasteiger partial charge in [0.1, 0.15) is 0 Å². The maximum Gasteiger partial charge on any atom is 0.0841 e. The molecule has 1 heterocycles. The van der Waals surface area contributed by atoms with Crippen LogP contribution in [0.5, 0.6) is 0 Å². The quantitative estimate of drug-likeness (QED) is 0.717. The predicted octanol–water partition coefficient (Wildman–Crippen LogP) is 2.47. The Morgan fingerprint density at radius 2 is 2.46 bits per heavy atom. The van der Waals surface area contributed by atoms with E-state index in [0.717, 1.165) is 17.6 Å². The van der Waals surface area contributed by atoms with E-state index in [-0.39, 0.29) is 0 Å². The largest absolute Gasteiger partial charge is 0.388 e. The summed E-state index contributed by atoms with van der Waals surface area (Å²) in [5, 5.41) is 9.72. The number of aliphatic hydroxyl groups is 1. The second kappa shape index (κ2) is 4.77. The molecule has 1 N–H and O–H groups in total. The molecule has 0 aliphatic rings. The molecule has 0 bridgehead atoms. The minimum Gasteiger partial charge on any atom is -0.388 e. The SMILES string of the molecule is C=C(CC)CC(O)c1cccnc1. The van der Waals surface area contributed by atoms with Crippen LogP contribution in [0.25, 0.3) is 0 Å². The third-order valence-electron chi connectivity index (χ3n) is 2.05. The summed E-state index contributed by atoms with van der Waals surface area (Å²) in [6.07, 6.45) is 4.47. The molecule has 1 atom stereocenters. The van der Waals surface area contributed by atoms with Gasteiger partial charge in [-0.25, -0.2) is 0 Å². The third kappa shape index (κ3) is 2.99. The van der Waals surface area contributed by atoms with Crippen LogP contribution in [0.15, 0.2) is 36.7 Å². The molecular weight excluding hydrogens is 162 g/mol. The van der Waals surface area contributed by atoms with Gasteiger partial charge in [0, 0.05) is 12.4 Å². The van der Waals surface area contributed by atoms with Crippen molar-refractivity contribution in [2.75, 3.05) is 0 Å². The van der Waals surface area contributed by atoms with E-state index in [1.54, 1.807) is 12.4 Å². The van der Waals surface area contributed by atoms with Gasteiger partial charge in [-0.05, 0) is 24.5 Å². The molecule has 0 aliphatic carbocycles. The Kier molecular flexibility index (Phi) is 3.65. The van der Waals surface area contributed by atoms with Gasteiger partial charge in [0.2, 0.25) is 0 Å². The average Bonchev–Trinajstić information content (AvgIpc) is 2.19. The topological polar surface area (TPSA) is 33.1 Å². The van der Waals surface area contributed by atoms with Crippen molar-refractivity contribution >= 4 is 0 Å². The Balaban J connectivity index is 2.59. The highest BCUT2D eigenvalue weighted by Gasteiger charge is 2.07. The first-order valence-electron chi connectivity index (χ1n) is 4.48. The molecule has 13 heavy (non-hydrogen) atoms. The minimum atomic E-state index is -0.457. The van der Waals surface area contributed by atoms with Crippen LogP contribution >= 0.6 is 0 Å². The summed E-state index contributed by atoms with van der Waals surface area (Å²) in [5.41, 5.74) is 1.92. The molecule has 1 aromatic heterocycles. The van der Waals surface area contributed by atoms with E-state index in [4.69, 9.17) is 0 Å². The van der Waals surface area contributed by atoms with Gasteiger partial charge in [0.05, 0.1) is 6.10 Å². The number of hydrogen-bond acceptors (Lipinski definition) is 2. The summed E-state index contributed by atoms with van der Waals surface area (Å²) < 4.78 is 0. The third-order valence-corrected chi connectivity index (χ3v) is 2.05. The van der Waals surface area contributed by atoms with Crippen LogP contribution in [0.2, 0.25) is 0 Å². The number of aromatic nitrogens is 1. The Bertz CT molecular complexity index is 269. The van der Waals surface area contributed by atoms with E-state index in [1.807, 2.05) is 19.1 Å². The van der Waals surface area contributed by atoms with Gasteiger partial charge in [0.15, 0.2) is 0 Å². The van der Waals surface area contributed by atoms with Gasteiger partial charge < -0.3 is 5.11 Å². The average molecular weight is 177 g/mol. The lowest BCUT2D eigenvalue weighted by atomic mass is 10.0. The fraction of sp³-hybridized carbons (Fsp3) is 0.364. The van der Waals surface area contributed by atoms with Crippen LogP contribution in [0.3, 0.4) is 0 Å². The molecule has 0 spiro atoms.